The maximum atomic E-state index is 8.95. The fraction of sp³-hybridized carbons (Fsp3) is 1.00. The molecule has 0 unspecified atom stereocenters. The van der Waals surface area contributed by atoms with Crippen molar-refractivity contribution < 1.29 is 26.7 Å². The highest BCUT2D eigenvalue weighted by atomic mass is 35.5. The lowest BCUT2D eigenvalue weighted by atomic mass is 10.1. The van der Waals surface area contributed by atoms with Crippen molar-refractivity contribution in [1.29, 1.82) is 0 Å². The van der Waals surface area contributed by atoms with Crippen molar-refractivity contribution >= 4 is 0 Å². The number of hydrogen-bond acceptors (Lipinski definition) is 2. The van der Waals surface area contributed by atoms with Crippen LogP contribution in [-0.2, 0) is 4.74 Å². The predicted octanol–water partition coefficient (Wildman–Crippen LogP) is 1.73. The molecule has 0 aromatic heterocycles. The number of aliphatic hydroxyl groups is 1. The van der Waals surface area contributed by atoms with Crippen LogP contribution in [0.4, 0.5) is 0 Å². The van der Waals surface area contributed by atoms with Crippen LogP contribution in [0.25, 0.3) is 0 Å². The molecule has 1 N–H and O–H groups in total. The van der Waals surface area contributed by atoms with E-state index in [1.165, 1.54) is 77.0 Å². The average molecular weight is 352 g/mol. The third kappa shape index (κ3) is 20.1. The van der Waals surface area contributed by atoms with Crippen LogP contribution in [0, 0.1) is 0 Å². The smallest absolute Gasteiger partial charge is 0.182 e. The molecule has 4 heteroatoms. The quantitative estimate of drug-likeness (QED) is 0.246. The Balaban J connectivity index is 0. The largest absolute Gasteiger partial charge is 1.00 e. The molecule has 0 aromatic rings. The molecule has 0 atom stereocenters. The molecule has 3 nitrogen and oxygen atoms in total. The van der Waals surface area contributed by atoms with Gasteiger partial charge in [-0.05, 0) is 6.42 Å². The summed E-state index contributed by atoms with van der Waals surface area (Å²) in [5.74, 6) is 0. The SMILES string of the molecule is CCCCCCCCCCCCCCOC[N+](C)(C)CCO.[Cl-]. The lowest BCUT2D eigenvalue weighted by Gasteiger charge is -2.28. The van der Waals surface area contributed by atoms with Gasteiger partial charge >= 0.3 is 0 Å². The fourth-order valence-corrected chi connectivity index (χ4v) is 2.69. The normalized spacial score (nSPS) is 11.5. The minimum absolute atomic E-state index is 0. The van der Waals surface area contributed by atoms with Crippen LogP contribution in [0.3, 0.4) is 0 Å². The zero-order chi connectivity index (χ0) is 16.5. The van der Waals surface area contributed by atoms with Gasteiger partial charge in [0.1, 0.15) is 6.54 Å². The van der Waals surface area contributed by atoms with E-state index < -0.39 is 0 Å². The van der Waals surface area contributed by atoms with Gasteiger partial charge in [0.2, 0.25) is 0 Å². The van der Waals surface area contributed by atoms with Gasteiger partial charge in [-0.25, -0.2) is 0 Å². The van der Waals surface area contributed by atoms with Gasteiger partial charge < -0.3 is 26.7 Å². The lowest BCUT2D eigenvalue weighted by Crippen LogP contribution is -3.00. The average Bonchev–Trinajstić information content (AvgIpc) is 2.47. The number of rotatable bonds is 17. The first kappa shape index (κ1) is 25.4. The van der Waals surface area contributed by atoms with Crippen LogP contribution in [0.1, 0.15) is 84.0 Å². The Morgan fingerprint density at radius 3 is 1.61 bits per heavy atom. The van der Waals surface area contributed by atoms with Crippen LogP contribution < -0.4 is 12.4 Å². The molecule has 0 saturated heterocycles. The molecule has 0 heterocycles. The number of nitrogens with zero attached hydrogens (tertiary/aromatic N) is 1. The van der Waals surface area contributed by atoms with Crippen molar-refractivity contribution in [2.75, 3.05) is 40.6 Å². The highest BCUT2D eigenvalue weighted by Gasteiger charge is 2.13. The van der Waals surface area contributed by atoms with Gasteiger partial charge in [-0.2, -0.15) is 0 Å². The number of likely N-dealkylation sites (N-methyl/N-ethyl adjacent to an activating group) is 1. The van der Waals surface area contributed by atoms with Crippen molar-refractivity contribution in [3.63, 3.8) is 0 Å². The van der Waals surface area contributed by atoms with E-state index in [-0.39, 0.29) is 19.0 Å². The van der Waals surface area contributed by atoms with Gasteiger partial charge in [0.15, 0.2) is 6.73 Å². The molecule has 0 saturated carbocycles. The molecular formula is C19H42ClNO2. The minimum Gasteiger partial charge on any atom is -1.00 e. The second-order valence-corrected chi connectivity index (χ2v) is 7.31. The maximum absolute atomic E-state index is 8.95. The van der Waals surface area contributed by atoms with Gasteiger partial charge in [0, 0.05) is 0 Å². The van der Waals surface area contributed by atoms with Gasteiger partial charge in [0.05, 0.1) is 27.3 Å². The highest BCUT2D eigenvalue weighted by Crippen LogP contribution is 2.12. The Labute approximate surface area is 151 Å². The van der Waals surface area contributed by atoms with Gasteiger partial charge in [-0.3, -0.25) is 0 Å². The van der Waals surface area contributed by atoms with Crippen LogP contribution in [0.5, 0.6) is 0 Å². The van der Waals surface area contributed by atoms with E-state index in [1.54, 1.807) is 0 Å². The molecule has 0 fully saturated rings. The van der Waals surface area contributed by atoms with Crippen molar-refractivity contribution in [1.82, 2.24) is 0 Å². The van der Waals surface area contributed by atoms with E-state index in [0.717, 1.165) is 17.6 Å². The van der Waals surface area contributed by atoms with Crippen molar-refractivity contribution in [3.8, 4) is 0 Å². The van der Waals surface area contributed by atoms with E-state index in [0.29, 0.717) is 6.73 Å². The molecular weight excluding hydrogens is 310 g/mol. The molecule has 0 aliphatic rings. The lowest BCUT2D eigenvalue weighted by molar-refractivity contribution is -0.910. The molecule has 0 amide bonds. The first-order valence-corrected chi connectivity index (χ1v) is 9.63. The molecule has 0 aliphatic carbocycles. The molecule has 0 rings (SSSR count). The second-order valence-electron chi connectivity index (χ2n) is 7.31. The minimum atomic E-state index is 0. The summed E-state index contributed by atoms with van der Waals surface area (Å²) in [5, 5.41) is 8.95. The Morgan fingerprint density at radius 2 is 1.17 bits per heavy atom. The van der Waals surface area contributed by atoms with Crippen molar-refractivity contribution in [2.24, 2.45) is 0 Å². The molecule has 0 aromatic carbocycles. The maximum Gasteiger partial charge on any atom is 0.182 e. The molecule has 0 radical (unpaired) electrons. The summed E-state index contributed by atoms with van der Waals surface area (Å²) in [6.45, 7) is 4.84. The summed E-state index contributed by atoms with van der Waals surface area (Å²) in [6, 6.07) is 0. The zero-order valence-electron chi connectivity index (χ0n) is 16.0. The highest BCUT2D eigenvalue weighted by molar-refractivity contribution is 4.48. The first-order valence-electron chi connectivity index (χ1n) is 9.63. The number of ether oxygens (including phenoxy) is 1. The van der Waals surface area contributed by atoms with Gasteiger partial charge in [-0.1, -0.05) is 77.6 Å². The second kappa shape index (κ2) is 18.5. The number of unbranched alkanes of at least 4 members (excludes halogenated alkanes) is 11. The van der Waals surface area contributed by atoms with Gasteiger partial charge in [-0.15, -0.1) is 0 Å². The Bertz CT molecular complexity index is 225. The zero-order valence-corrected chi connectivity index (χ0v) is 16.8. The molecule has 0 bridgehead atoms. The molecule has 0 spiro atoms. The topological polar surface area (TPSA) is 29.5 Å². The van der Waals surface area contributed by atoms with Crippen LogP contribution >= 0.6 is 0 Å². The summed E-state index contributed by atoms with van der Waals surface area (Å²) in [4.78, 5) is 0. The Hall–Kier alpha value is 0.170. The standard InChI is InChI=1S/C19H42NO2.ClH/c1-4-5-6-7-8-9-10-11-12-13-14-15-18-22-19-20(2,3)16-17-21;/h21H,4-19H2,1-3H3;1H/q+1;/p-1. The monoisotopic (exact) mass is 351 g/mol. The van der Waals surface area contributed by atoms with Crippen LogP contribution in [0.15, 0.2) is 0 Å². The van der Waals surface area contributed by atoms with Crippen LogP contribution in [0.2, 0.25) is 0 Å². The van der Waals surface area contributed by atoms with E-state index in [4.69, 9.17) is 9.84 Å². The third-order valence-corrected chi connectivity index (χ3v) is 4.29. The summed E-state index contributed by atoms with van der Waals surface area (Å²) in [5.41, 5.74) is 0. The van der Waals surface area contributed by atoms with Gasteiger partial charge in [0.25, 0.3) is 0 Å². The number of hydrogen-bond donors (Lipinski definition) is 1. The van der Waals surface area contributed by atoms with E-state index in [2.05, 4.69) is 21.0 Å². The van der Waals surface area contributed by atoms with Crippen molar-refractivity contribution in [2.45, 2.75) is 84.0 Å². The molecule has 23 heavy (non-hydrogen) atoms. The molecule has 0 aliphatic heterocycles. The Morgan fingerprint density at radius 1 is 0.739 bits per heavy atom. The Kier molecular flexibility index (Phi) is 20.4. The third-order valence-electron chi connectivity index (χ3n) is 4.29. The summed E-state index contributed by atoms with van der Waals surface area (Å²) in [7, 11) is 4.19. The number of halogens is 1. The molecule has 142 valence electrons. The summed E-state index contributed by atoms with van der Waals surface area (Å²) >= 11 is 0. The van der Waals surface area contributed by atoms with E-state index in [9.17, 15) is 0 Å². The fourth-order valence-electron chi connectivity index (χ4n) is 2.69. The summed E-state index contributed by atoms with van der Waals surface area (Å²) < 4.78 is 6.45. The predicted molar refractivity (Wildman–Crippen MR) is 96.0 cm³/mol. The van der Waals surface area contributed by atoms with Crippen molar-refractivity contribution in [3.05, 3.63) is 0 Å². The van der Waals surface area contributed by atoms with Crippen LogP contribution in [-0.4, -0.2) is 50.2 Å². The first-order chi connectivity index (χ1) is 10.6. The number of aliphatic hydroxyl groups excluding tert-OH is 1. The summed E-state index contributed by atoms with van der Waals surface area (Å²) in [6.07, 6.45) is 16.6. The number of quaternary nitrogens is 1. The van der Waals surface area contributed by atoms with E-state index in [1.807, 2.05) is 0 Å². The van der Waals surface area contributed by atoms with E-state index >= 15 is 0 Å².